The number of nitrogens with zero attached hydrogens (tertiary/aromatic N) is 2. The normalized spacial score (nSPS) is 12.2. The summed E-state index contributed by atoms with van der Waals surface area (Å²) in [5, 5.41) is 2.49. The Bertz CT molecular complexity index is 1300. The summed E-state index contributed by atoms with van der Waals surface area (Å²) < 4.78 is 0. The van der Waals surface area contributed by atoms with Gasteiger partial charge in [-0.2, -0.15) is 0 Å². The van der Waals surface area contributed by atoms with Crippen molar-refractivity contribution in [3.8, 4) is 22.3 Å². The molecule has 2 nitrogen and oxygen atoms in total. The molecular weight excluding hydrogens is 292 g/mol. The van der Waals surface area contributed by atoms with Crippen LogP contribution in [-0.2, 0) is 0 Å². The van der Waals surface area contributed by atoms with Crippen LogP contribution in [0.1, 0.15) is 0 Å². The molecule has 2 heteroatoms. The van der Waals surface area contributed by atoms with Crippen molar-refractivity contribution in [2.24, 2.45) is 0 Å². The summed E-state index contributed by atoms with van der Waals surface area (Å²) in [4.78, 5) is 9.79. The molecule has 0 bridgehead atoms. The lowest BCUT2D eigenvalue weighted by Gasteiger charge is -2.07. The quantitative estimate of drug-likeness (QED) is 0.270. The first-order valence-electron chi connectivity index (χ1n) is 8.12. The molecule has 5 aromatic rings. The lowest BCUT2D eigenvalue weighted by molar-refractivity contribution is 1.41. The first-order valence-corrected chi connectivity index (χ1v) is 8.12. The van der Waals surface area contributed by atoms with Gasteiger partial charge in [-0.15, -0.1) is 0 Å². The van der Waals surface area contributed by atoms with Gasteiger partial charge in [-0.3, -0.25) is 0 Å². The first-order chi connectivity index (χ1) is 11.9. The predicted octanol–water partition coefficient (Wildman–Crippen LogP) is 5.58. The summed E-state index contributed by atoms with van der Waals surface area (Å²) in [5.41, 5.74) is 9.01. The van der Waals surface area contributed by atoms with Gasteiger partial charge in [0.25, 0.3) is 0 Å². The van der Waals surface area contributed by atoms with E-state index in [0.29, 0.717) is 0 Å². The van der Waals surface area contributed by atoms with Gasteiger partial charge in [0.15, 0.2) is 0 Å². The molecule has 0 aliphatic heterocycles. The Hall–Kier alpha value is -3.26. The maximum atomic E-state index is 4.92. The van der Waals surface area contributed by atoms with Crippen molar-refractivity contribution in [1.29, 1.82) is 0 Å². The molecule has 0 fully saturated rings. The summed E-state index contributed by atoms with van der Waals surface area (Å²) in [6.45, 7) is 0. The Morgan fingerprint density at radius 2 is 1.17 bits per heavy atom. The largest absolute Gasteiger partial charge is 0.244 e. The van der Waals surface area contributed by atoms with Crippen LogP contribution in [0.5, 0.6) is 0 Å². The van der Waals surface area contributed by atoms with Crippen LogP contribution in [0.15, 0.2) is 72.8 Å². The second kappa shape index (κ2) is 4.18. The summed E-state index contributed by atoms with van der Waals surface area (Å²) in [6.07, 6.45) is 0. The molecule has 0 saturated heterocycles. The topological polar surface area (TPSA) is 25.8 Å². The van der Waals surface area contributed by atoms with Crippen molar-refractivity contribution in [3.63, 3.8) is 0 Å². The molecule has 110 valence electrons. The minimum atomic E-state index is 0.944. The Balaban J connectivity index is 1.89. The predicted molar refractivity (Wildman–Crippen MR) is 99.0 cm³/mol. The third kappa shape index (κ3) is 1.41. The molecule has 0 amide bonds. The summed E-state index contributed by atoms with van der Waals surface area (Å²) in [6, 6.07) is 25.4. The lowest BCUT2D eigenvalue weighted by Crippen LogP contribution is -1.89. The van der Waals surface area contributed by atoms with E-state index >= 15 is 0 Å². The van der Waals surface area contributed by atoms with E-state index in [1.807, 2.05) is 24.3 Å². The Labute approximate surface area is 138 Å². The van der Waals surface area contributed by atoms with Gasteiger partial charge < -0.3 is 0 Å². The zero-order valence-electron chi connectivity index (χ0n) is 12.8. The van der Waals surface area contributed by atoms with Crippen LogP contribution in [0.4, 0.5) is 0 Å². The van der Waals surface area contributed by atoms with Crippen molar-refractivity contribution in [1.82, 2.24) is 9.97 Å². The van der Waals surface area contributed by atoms with Crippen molar-refractivity contribution in [2.75, 3.05) is 0 Å². The van der Waals surface area contributed by atoms with Crippen molar-refractivity contribution in [3.05, 3.63) is 72.8 Å². The fourth-order valence-electron chi connectivity index (χ4n) is 3.95. The third-order valence-corrected chi connectivity index (χ3v) is 4.97. The Morgan fingerprint density at radius 3 is 2.00 bits per heavy atom. The SMILES string of the molecule is c1ccc2c(c1)-c1cccc3c1c-2cc1nc2ccccc2nc13. The van der Waals surface area contributed by atoms with Crippen LogP contribution >= 0.6 is 0 Å². The summed E-state index contributed by atoms with van der Waals surface area (Å²) in [5.74, 6) is 0. The van der Waals surface area contributed by atoms with Gasteiger partial charge in [0.2, 0.25) is 0 Å². The van der Waals surface area contributed by atoms with Gasteiger partial charge in [-0.05, 0) is 45.8 Å². The molecule has 6 rings (SSSR count). The average Bonchev–Trinajstić information content (AvgIpc) is 2.96. The van der Waals surface area contributed by atoms with E-state index in [9.17, 15) is 0 Å². The lowest BCUT2D eigenvalue weighted by atomic mass is 10.0. The number of benzene rings is 4. The smallest absolute Gasteiger partial charge is 0.0973 e. The highest BCUT2D eigenvalue weighted by Gasteiger charge is 2.22. The van der Waals surface area contributed by atoms with Crippen molar-refractivity contribution < 1.29 is 0 Å². The van der Waals surface area contributed by atoms with E-state index in [0.717, 1.165) is 22.1 Å². The molecule has 1 aliphatic rings. The maximum Gasteiger partial charge on any atom is 0.0973 e. The minimum absolute atomic E-state index is 0.944. The summed E-state index contributed by atoms with van der Waals surface area (Å²) in [7, 11) is 0. The van der Waals surface area contributed by atoms with Crippen LogP contribution < -0.4 is 0 Å². The van der Waals surface area contributed by atoms with Crippen LogP contribution in [0.3, 0.4) is 0 Å². The Morgan fingerprint density at radius 1 is 0.500 bits per heavy atom. The van der Waals surface area contributed by atoms with E-state index in [-0.39, 0.29) is 0 Å². The van der Waals surface area contributed by atoms with E-state index in [1.165, 1.54) is 33.0 Å². The number of hydrogen-bond acceptors (Lipinski definition) is 2. The van der Waals surface area contributed by atoms with E-state index < -0.39 is 0 Å². The molecule has 1 aromatic heterocycles. The molecule has 4 aromatic carbocycles. The molecule has 0 spiro atoms. The molecule has 0 unspecified atom stereocenters. The number of para-hydroxylation sites is 2. The molecule has 0 atom stereocenters. The van der Waals surface area contributed by atoms with Gasteiger partial charge in [0.1, 0.15) is 0 Å². The van der Waals surface area contributed by atoms with E-state index in [2.05, 4.69) is 48.5 Å². The molecule has 24 heavy (non-hydrogen) atoms. The van der Waals surface area contributed by atoms with Gasteiger partial charge >= 0.3 is 0 Å². The first kappa shape index (κ1) is 12.2. The minimum Gasteiger partial charge on any atom is -0.244 e. The number of hydrogen-bond donors (Lipinski definition) is 0. The molecule has 0 N–H and O–H groups in total. The maximum absolute atomic E-state index is 4.92. The fraction of sp³-hybridized carbons (Fsp3) is 0. The van der Waals surface area contributed by atoms with Crippen LogP contribution in [-0.4, -0.2) is 9.97 Å². The average molecular weight is 304 g/mol. The standard InChI is InChI=1S/C22H12N2/c1-2-7-14-13(6-1)15-8-5-9-16-21(15)17(14)12-20-22(16)24-19-11-4-3-10-18(19)23-20/h1-12H. The molecule has 0 saturated carbocycles. The second-order valence-electron chi connectivity index (χ2n) is 6.28. The highest BCUT2D eigenvalue weighted by atomic mass is 14.8. The third-order valence-electron chi connectivity index (χ3n) is 4.97. The summed E-state index contributed by atoms with van der Waals surface area (Å²) >= 11 is 0. The highest BCUT2D eigenvalue weighted by Crippen LogP contribution is 2.48. The molecule has 1 heterocycles. The van der Waals surface area contributed by atoms with E-state index in [4.69, 9.17) is 9.97 Å². The van der Waals surface area contributed by atoms with Crippen LogP contribution in [0.2, 0.25) is 0 Å². The fourth-order valence-corrected chi connectivity index (χ4v) is 3.95. The molecule has 1 aliphatic carbocycles. The van der Waals surface area contributed by atoms with Gasteiger partial charge in [0, 0.05) is 5.39 Å². The number of aromatic nitrogens is 2. The second-order valence-corrected chi connectivity index (χ2v) is 6.28. The van der Waals surface area contributed by atoms with Crippen LogP contribution in [0, 0.1) is 0 Å². The van der Waals surface area contributed by atoms with Crippen molar-refractivity contribution in [2.45, 2.75) is 0 Å². The van der Waals surface area contributed by atoms with Gasteiger partial charge in [-0.25, -0.2) is 9.97 Å². The highest BCUT2D eigenvalue weighted by molar-refractivity contribution is 6.22. The zero-order chi connectivity index (χ0) is 15.7. The van der Waals surface area contributed by atoms with Gasteiger partial charge in [-0.1, -0.05) is 54.6 Å². The van der Waals surface area contributed by atoms with Crippen molar-refractivity contribution >= 4 is 32.8 Å². The number of fused-ring (bicyclic) bond motifs is 6. The van der Waals surface area contributed by atoms with Crippen LogP contribution in [0.25, 0.3) is 55.1 Å². The molecular formula is C22H12N2. The Kier molecular flexibility index (Phi) is 2.12. The molecule has 0 radical (unpaired) electrons. The van der Waals surface area contributed by atoms with Gasteiger partial charge in [0.05, 0.1) is 22.1 Å². The zero-order valence-corrected chi connectivity index (χ0v) is 12.8. The monoisotopic (exact) mass is 304 g/mol. The number of rotatable bonds is 0. The van der Waals surface area contributed by atoms with E-state index in [1.54, 1.807) is 0 Å².